The van der Waals surface area contributed by atoms with Crippen LogP contribution in [0, 0.1) is 0 Å². The van der Waals surface area contributed by atoms with E-state index in [1.807, 2.05) is 6.07 Å². The van der Waals surface area contributed by atoms with Crippen molar-refractivity contribution in [2.75, 3.05) is 18.6 Å². The van der Waals surface area contributed by atoms with Crippen LogP contribution in [0.25, 0.3) is 21.9 Å². The molecule has 8 rings (SSSR count). The molecule has 3 nitrogen and oxygen atoms in total. The molecule has 6 aromatic rings. The van der Waals surface area contributed by atoms with Crippen LogP contribution in [0.5, 0.6) is 11.5 Å². The minimum Gasteiger partial charge on any atom is -0.456 e. The first-order valence-electron chi connectivity index (χ1n) is 14.9. The molecule has 2 aliphatic rings. The smallest absolute Gasteiger partial charge is 0.150 e. The lowest BCUT2D eigenvalue weighted by Gasteiger charge is -2.41. The molecule has 0 aliphatic carbocycles. The van der Waals surface area contributed by atoms with Crippen molar-refractivity contribution < 1.29 is 9.47 Å². The molecule has 2 radical (unpaired) electrons. The van der Waals surface area contributed by atoms with E-state index in [0.29, 0.717) is 6.32 Å². The number of hydrogen-bond donors (Lipinski definition) is 0. The molecule has 0 N–H and O–H groups in total. The van der Waals surface area contributed by atoms with Crippen LogP contribution in [0.15, 0.2) is 127 Å². The summed E-state index contributed by atoms with van der Waals surface area (Å²) in [6.07, 6.45) is 1.40. The van der Waals surface area contributed by atoms with Crippen LogP contribution in [0.1, 0.15) is 27.8 Å². The quantitative estimate of drug-likeness (QED) is 0.198. The third kappa shape index (κ3) is 3.94. The summed E-state index contributed by atoms with van der Waals surface area (Å²) in [7, 11) is 8.10. The van der Waals surface area contributed by atoms with Gasteiger partial charge in [-0.3, -0.25) is 0 Å². The van der Waals surface area contributed by atoms with Crippen molar-refractivity contribution in [1.29, 1.82) is 0 Å². The third-order valence-corrected chi connectivity index (χ3v) is 9.13. The van der Waals surface area contributed by atoms with Gasteiger partial charge in [0, 0.05) is 47.6 Å². The van der Waals surface area contributed by atoms with E-state index in [-0.39, 0.29) is 0 Å². The Morgan fingerprint density at radius 1 is 0.744 bits per heavy atom. The molecule has 2 aliphatic heterocycles. The van der Waals surface area contributed by atoms with E-state index in [4.69, 9.17) is 17.3 Å². The Morgan fingerprint density at radius 2 is 1.53 bits per heavy atom. The van der Waals surface area contributed by atoms with Crippen molar-refractivity contribution in [1.82, 2.24) is 0 Å². The molecule has 0 amide bonds. The van der Waals surface area contributed by atoms with Gasteiger partial charge in [-0.1, -0.05) is 103 Å². The molecule has 4 heteroatoms. The Morgan fingerprint density at radius 3 is 2.40 bits per heavy atom. The van der Waals surface area contributed by atoms with Crippen LogP contribution >= 0.6 is 0 Å². The van der Waals surface area contributed by atoms with Gasteiger partial charge in [0.25, 0.3) is 0 Å². The Hall–Kier alpha value is -4.80. The monoisotopic (exact) mass is 555 g/mol. The van der Waals surface area contributed by atoms with E-state index in [2.05, 4.69) is 126 Å². The molecule has 1 atom stereocenters. The summed E-state index contributed by atoms with van der Waals surface area (Å²) in [5.41, 5.74) is 9.35. The van der Waals surface area contributed by atoms with E-state index in [1.54, 1.807) is 7.11 Å². The van der Waals surface area contributed by atoms with Gasteiger partial charge < -0.3 is 14.4 Å². The molecule has 6 aromatic carbocycles. The van der Waals surface area contributed by atoms with Crippen molar-refractivity contribution in [3.8, 4) is 22.6 Å². The first kappa shape index (κ1) is 25.9. The van der Waals surface area contributed by atoms with Crippen molar-refractivity contribution in [3.05, 3.63) is 155 Å². The predicted octanol–water partition coefficient (Wildman–Crippen LogP) is 8.91. The number of rotatable bonds is 5. The SMILES string of the molecule is [B]Cc1ccccc1C1(OC)c2ccc(N3CCc4cc(-c5ccccc5)ccc43)cc2Oc2c1ccc1ccccc21. The second kappa shape index (κ2) is 10.2. The zero-order valence-electron chi connectivity index (χ0n) is 24.1. The lowest BCUT2D eigenvalue weighted by atomic mass is 9.74. The zero-order chi connectivity index (χ0) is 29.0. The lowest BCUT2D eigenvalue weighted by molar-refractivity contribution is 0.0496. The van der Waals surface area contributed by atoms with Crippen LogP contribution in [-0.4, -0.2) is 21.5 Å². The first-order valence-corrected chi connectivity index (χ1v) is 14.9. The highest BCUT2D eigenvalue weighted by atomic mass is 16.5. The average Bonchev–Trinajstić information content (AvgIpc) is 3.51. The van der Waals surface area contributed by atoms with Crippen LogP contribution in [-0.2, 0) is 23.1 Å². The number of ether oxygens (including phenoxy) is 2. The summed E-state index contributed by atoms with van der Waals surface area (Å²) < 4.78 is 13.5. The fourth-order valence-electron chi connectivity index (χ4n) is 7.08. The molecular weight excluding hydrogens is 525 g/mol. The standard InChI is InChI=1S/C39H30BNO2/c1-42-39(33-14-8-6-12-30(33)25-40)34-19-17-31(24-37(34)43-38-32-13-7-5-11-27(32)15-18-35(38)39)41-22-21-29-23-28(16-20-36(29)41)26-9-3-2-4-10-26/h2-20,23-24H,21-22,25H2,1H3. The third-order valence-electron chi connectivity index (χ3n) is 9.13. The van der Waals surface area contributed by atoms with Gasteiger partial charge in [0.15, 0.2) is 5.60 Å². The maximum Gasteiger partial charge on any atom is 0.150 e. The molecule has 0 fully saturated rings. The largest absolute Gasteiger partial charge is 0.456 e. The number of methoxy groups -OCH3 is 1. The van der Waals surface area contributed by atoms with E-state index in [9.17, 15) is 0 Å². The minimum absolute atomic E-state index is 0.411. The van der Waals surface area contributed by atoms with E-state index in [1.165, 1.54) is 22.4 Å². The Bertz CT molecular complexity index is 2000. The number of nitrogens with zero attached hydrogens (tertiary/aromatic N) is 1. The normalized spacial score (nSPS) is 16.8. The van der Waals surface area contributed by atoms with Crippen molar-refractivity contribution in [3.63, 3.8) is 0 Å². The van der Waals surface area contributed by atoms with Crippen LogP contribution < -0.4 is 9.64 Å². The van der Waals surface area contributed by atoms with Gasteiger partial charge in [-0.15, -0.1) is 0 Å². The van der Waals surface area contributed by atoms with E-state index in [0.717, 1.165) is 63.2 Å². The Balaban J connectivity index is 1.29. The summed E-state index contributed by atoms with van der Waals surface area (Å²) >= 11 is 0. The summed E-state index contributed by atoms with van der Waals surface area (Å²) in [5.74, 6) is 1.62. The zero-order valence-corrected chi connectivity index (χ0v) is 24.1. The van der Waals surface area contributed by atoms with Crippen molar-refractivity contribution in [2.45, 2.75) is 18.3 Å². The second-order valence-corrected chi connectivity index (χ2v) is 11.3. The molecule has 0 saturated carbocycles. The molecule has 1 unspecified atom stereocenters. The minimum atomic E-state index is -0.880. The number of fused-ring (bicyclic) bond motifs is 5. The van der Waals surface area contributed by atoms with Gasteiger partial charge in [-0.05, 0) is 63.9 Å². The molecule has 0 bridgehead atoms. The average molecular weight is 555 g/mol. The van der Waals surface area contributed by atoms with Gasteiger partial charge in [0.05, 0.1) is 7.85 Å². The maximum absolute atomic E-state index is 6.87. The van der Waals surface area contributed by atoms with E-state index >= 15 is 0 Å². The second-order valence-electron chi connectivity index (χ2n) is 11.3. The molecule has 0 spiro atoms. The fraction of sp³-hybridized carbons (Fsp3) is 0.128. The molecule has 43 heavy (non-hydrogen) atoms. The molecular formula is C39H30BNO2. The number of benzene rings is 6. The highest BCUT2D eigenvalue weighted by Crippen LogP contribution is 2.55. The van der Waals surface area contributed by atoms with Gasteiger partial charge in [-0.2, -0.15) is 0 Å². The highest BCUT2D eigenvalue weighted by molar-refractivity contribution is 6.08. The number of anilines is 2. The summed E-state index contributed by atoms with van der Waals surface area (Å²) in [6, 6.07) is 44.9. The highest BCUT2D eigenvalue weighted by Gasteiger charge is 2.46. The van der Waals surface area contributed by atoms with Crippen molar-refractivity contribution >= 4 is 30.0 Å². The van der Waals surface area contributed by atoms with Gasteiger partial charge in [0.1, 0.15) is 11.5 Å². The molecule has 206 valence electrons. The van der Waals surface area contributed by atoms with E-state index < -0.39 is 5.60 Å². The molecule has 0 aromatic heterocycles. The fourth-order valence-corrected chi connectivity index (χ4v) is 7.08. The first-order chi connectivity index (χ1) is 21.2. The van der Waals surface area contributed by atoms with Crippen LogP contribution in [0.4, 0.5) is 11.4 Å². The summed E-state index contributed by atoms with van der Waals surface area (Å²) in [4.78, 5) is 2.40. The number of hydrogen-bond acceptors (Lipinski definition) is 3. The molecule has 2 heterocycles. The summed E-state index contributed by atoms with van der Waals surface area (Å²) in [6.45, 7) is 0.914. The van der Waals surface area contributed by atoms with Crippen LogP contribution in [0.2, 0.25) is 0 Å². The Labute approximate surface area is 253 Å². The lowest BCUT2D eigenvalue weighted by Crippen LogP contribution is -2.36. The topological polar surface area (TPSA) is 21.7 Å². The Kier molecular flexibility index (Phi) is 6.13. The van der Waals surface area contributed by atoms with Gasteiger partial charge in [0.2, 0.25) is 0 Å². The van der Waals surface area contributed by atoms with Gasteiger partial charge >= 0.3 is 0 Å². The predicted molar refractivity (Wildman–Crippen MR) is 176 cm³/mol. The van der Waals surface area contributed by atoms with Crippen molar-refractivity contribution in [2.24, 2.45) is 0 Å². The van der Waals surface area contributed by atoms with Crippen LogP contribution in [0.3, 0.4) is 0 Å². The maximum atomic E-state index is 6.87. The van der Waals surface area contributed by atoms with Gasteiger partial charge in [-0.25, -0.2) is 0 Å². The summed E-state index contributed by atoms with van der Waals surface area (Å²) in [5, 5.41) is 2.18. The molecule has 0 saturated heterocycles.